The van der Waals surface area contributed by atoms with E-state index in [-0.39, 0.29) is 0 Å². The maximum Gasteiger partial charge on any atom is 0.140 e. The Kier molecular flexibility index (Phi) is 5.98. The summed E-state index contributed by atoms with van der Waals surface area (Å²) >= 11 is 1.59. The summed E-state index contributed by atoms with van der Waals surface area (Å²) in [4.78, 5) is 10.8. The van der Waals surface area contributed by atoms with E-state index in [2.05, 4.69) is 21.9 Å². The Balaban J connectivity index is 1.66. The lowest BCUT2D eigenvalue weighted by molar-refractivity contribution is 0.295. The number of methoxy groups -OCH3 is 1. The van der Waals surface area contributed by atoms with E-state index in [1.807, 2.05) is 48.0 Å². The van der Waals surface area contributed by atoms with E-state index in [0.717, 1.165) is 40.9 Å². The molecule has 0 saturated carbocycles. The zero-order valence-corrected chi connectivity index (χ0v) is 15.2. The minimum Gasteiger partial charge on any atom is -0.496 e. The van der Waals surface area contributed by atoms with Crippen LogP contribution >= 0.6 is 11.3 Å². The smallest absolute Gasteiger partial charge is 0.140 e. The monoisotopic (exact) mass is 355 g/mol. The molecule has 3 rings (SSSR count). The third-order valence-electron chi connectivity index (χ3n) is 3.70. The van der Waals surface area contributed by atoms with Crippen molar-refractivity contribution in [2.24, 2.45) is 0 Å². The maximum atomic E-state index is 5.85. The van der Waals surface area contributed by atoms with Gasteiger partial charge in [-0.3, -0.25) is 9.88 Å². The van der Waals surface area contributed by atoms with Crippen molar-refractivity contribution in [2.75, 3.05) is 14.2 Å². The van der Waals surface area contributed by atoms with Crippen LogP contribution in [0, 0.1) is 0 Å². The van der Waals surface area contributed by atoms with E-state index in [4.69, 9.17) is 9.47 Å². The van der Waals surface area contributed by atoms with Crippen LogP contribution in [0.1, 0.15) is 16.3 Å². The van der Waals surface area contributed by atoms with Crippen LogP contribution in [0.15, 0.2) is 54.2 Å². The van der Waals surface area contributed by atoms with E-state index in [9.17, 15) is 0 Å². The van der Waals surface area contributed by atoms with Crippen LogP contribution in [-0.4, -0.2) is 29.0 Å². The average molecular weight is 355 g/mol. The van der Waals surface area contributed by atoms with Gasteiger partial charge in [-0.2, -0.15) is 0 Å². The van der Waals surface area contributed by atoms with Crippen LogP contribution in [0.3, 0.4) is 0 Å². The molecule has 3 aromatic rings. The standard InChI is InChI=1S/C19H21N3O2S/c1-22(13-16-5-3-4-8-20-16)12-15-11-17(6-7-18(15)23-2)24-14-19-21-9-10-25-19/h3-11H,12-14H2,1-2H3. The Morgan fingerprint density at radius 3 is 2.72 bits per heavy atom. The SMILES string of the molecule is COc1ccc(OCc2nccs2)cc1CN(C)Cc1ccccn1. The summed E-state index contributed by atoms with van der Waals surface area (Å²) in [5.74, 6) is 1.67. The molecule has 0 saturated heterocycles. The van der Waals surface area contributed by atoms with Crippen LogP contribution in [0.5, 0.6) is 11.5 Å². The van der Waals surface area contributed by atoms with Crippen LogP contribution in [0.2, 0.25) is 0 Å². The van der Waals surface area contributed by atoms with Gasteiger partial charge < -0.3 is 9.47 Å². The second-order valence-corrected chi connectivity index (χ2v) is 6.66. The molecule has 0 bridgehead atoms. The van der Waals surface area contributed by atoms with Gasteiger partial charge in [0.1, 0.15) is 23.1 Å². The first kappa shape index (κ1) is 17.4. The summed E-state index contributed by atoms with van der Waals surface area (Å²) in [5, 5.41) is 2.91. The molecule has 1 aromatic carbocycles. The molecular weight excluding hydrogens is 334 g/mol. The van der Waals surface area contributed by atoms with Gasteiger partial charge in [0.25, 0.3) is 0 Å². The molecule has 0 aliphatic rings. The number of pyridine rings is 1. The number of nitrogens with zero attached hydrogens (tertiary/aromatic N) is 3. The van der Waals surface area contributed by atoms with Gasteiger partial charge in [-0.25, -0.2) is 4.98 Å². The van der Waals surface area contributed by atoms with Gasteiger partial charge in [-0.15, -0.1) is 11.3 Å². The molecule has 2 aromatic heterocycles. The molecule has 130 valence electrons. The third-order valence-corrected chi connectivity index (χ3v) is 4.45. The largest absolute Gasteiger partial charge is 0.496 e. The van der Waals surface area contributed by atoms with Crippen molar-refractivity contribution in [2.45, 2.75) is 19.7 Å². The Bertz CT molecular complexity index is 779. The molecule has 0 N–H and O–H groups in total. The van der Waals surface area contributed by atoms with Gasteiger partial charge in [0, 0.05) is 36.4 Å². The zero-order valence-electron chi connectivity index (χ0n) is 14.4. The third kappa shape index (κ3) is 5.01. The maximum absolute atomic E-state index is 5.85. The molecule has 0 fully saturated rings. The minimum absolute atomic E-state index is 0.479. The minimum atomic E-state index is 0.479. The molecule has 0 atom stereocenters. The second-order valence-electron chi connectivity index (χ2n) is 5.68. The highest BCUT2D eigenvalue weighted by molar-refractivity contribution is 7.09. The second kappa shape index (κ2) is 8.60. The Hall–Kier alpha value is -2.44. The fraction of sp³-hybridized carbons (Fsp3) is 0.263. The predicted octanol–water partition coefficient (Wildman–Crippen LogP) is 3.76. The van der Waals surface area contributed by atoms with Crippen molar-refractivity contribution in [1.82, 2.24) is 14.9 Å². The van der Waals surface area contributed by atoms with Gasteiger partial charge in [0.2, 0.25) is 0 Å². The van der Waals surface area contributed by atoms with Crippen molar-refractivity contribution in [3.63, 3.8) is 0 Å². The zero-order chi connectivity index (χ0) is 17.5. The highest BCUT2D eigenvalue weighted by Crippen LogP contribution is 2.26. The number of ether oxygens (including phenoxy) is 2. The van der Waals surface area contributed by atoms with E-state index in [0.29, 0.717) is 6.61 Å². The molecule has 0 unspecified atom stereocenters. The Labute approximate surface area is 151 Å². The van der Waals surface area contributed by atoms with Gasteiger partial charge in [-0.05, 0) is 37.4 Å². The average Bonchev–Trinajstić information content (AvgIpc) is 3.14. The summed E-state index contributed by atoms with van der Waals surface area (Å²) in [6.45, 7) is 2.00. The number of aromatic nitrogens is 2. The fourth-order valence-electron chi connectivity index (χ4n) is 2.55. The van der Waals surface area contributed by atoms with Gasteiger partial charge >= 0.3 is 0 Å². The van der Waals surface area contributed by atoms with Crippen LogP contribution < -0.4 is 9.47 Å². The molecule has 0 amide bonds. The number of hydrogen-bond acceptors (Lipinski definition) is 6. The lowest BCUT2D eigenvalue weighted by atomic mass is 10.1. The quantitative estimate of drug-likeness (QED) is 0.616. The molecule has 0 spiro atoms. The Morgan fingerprint density at radius 2 is 2.00 bits per heavy atom. The lowest BCUT2D eigenvalue weighted by Crippen LogP contribution is -2.18. The number of benzene rings is 1. The van der Waals surface area contributed by atoms with E-state index < -0.39 is 0 Å². The van der Waals surface area contributed by atoms with E-state index in [1.165, 1.54) is 0 Å². The van der Waals surface area contributed by atoms with Gasteiger partial charge in [-0.1, -0.05) is 6.07 Å². The van der Waals surface area contributed by atoms with Crippen molar-refractivity contribution in [3.8, 4) is 11.5 Å². The summed E-state index contributed by atoms with van der Waals surface area (Å²) in [5.41, 5.74) is 2.12. The van der Waals surface area contributed by atoms with Crippen LogP contribution in [0.25, 0.3) is 0 Å². The highest BCUT2D eigenvalue weighted by atomic mass is 32.1. The molecule has 25 heavy (non-hydrogen) atoms. The van der Waals surface area contributed by atoms with E-state index >= 15 is 0 Å². The van der Waals surface area contributed by atoms with E-state index in [1.54, 1.807) is 24.6 Å². The van der Waals surface area contributed by atoms with Crippen molar-refractivity contribution < 1.29 is 9.47 Å². The number of rotatable bonds is 8. The molecule has 0 aliphatic carbocycles. The first-order chi connectivity index (χ1) is 12.2. The summed E-state index contributed by atoms with van der Waals surface area (Å²) < 4.78 is 11.3. The summed E-state index contributed by atoms with van der Waals surface area (Å²) in [6.07, 6.45) is 3.60. The number of thiazole rings is 1. The highest BCUT2D eigenvalue weighted by Gasteiger charge is 2.10. The van der Waals surface area contributed by atoms with Crippen LogP contribution in [-0.2, 0) is 19.7 Å². The lowest BCUT2D eigenvalue weighted by Gasteiger charge is -2.19. The molecule has 6 heteroatoms. The summed E-state index contributed by atoms with van der Waals surface area (Å²) in [7, 11) is 3.75. The van der Waals surface area contributed by atoms with Gasteiger partial charge in [0.05, 0.1) is 12.8 Å². The van der Waals surface area contributed by atoms with Crippen LogP contribution in [0.4, 0.5) is 0 Å². The van der Waals surface area contributed by atoms with Crippen molar-refractivity contribution in [3.05, 3.63) is 70.4 Å². The normalized spacial score (nSPS) is 10.8. The topological polar surface area (TPSA) is 47.5 Å². The van der Waals surface area contributed by atoms with Crippen molar-refractivity contribution in [1.29, 1.82) is 0 Å². The Morgan fingerprint density at radius 1 is 1.08 bits per heavy atom. The number of hydrogen-bond donors (Lipinski definition) is 0. The molecule has 0 aliphatic heterocycles. The summed E-state index contributed by atoms with van der Waals surface area (Å²) in [6, 6.07) is 11.9. The predicted molar refractivity (Wildman–Crippen MR) is 98.8 cm³/mol. The van der Waals surface area contributed by atoms with Gasteiger partial charge in [0.15, 0.2) is 0 Å². The molecule has 5 nitrogen and oxygen atoms in total. The van der Waals surface area contributed by atoms with Crippen molar-refractivity contribution >= 4 is 11.3 Å². The first-order valence-electron chi connectivity index (χ1n) is 8.01. The first-order valence-corrected chi connectivity index (χ1v) is 8.89. The fourth-order valence-corrected chi connectivity index (χ4v) is 3.08. The molecular formula is C19H21N3O2S. The molecule has 0 radical (unpaired) electrons. The molecule has 2 heterocycles.